The molecule has 2 aromatic rings. The topological polar surface area (TPSA) is 30.0 Å². The van der Waals surface area contributed by atoms with Gasteiger partial charge in [-0.3, -0.25) is 4.79 Å². The number of hydrogen-bond acceptors (Lipinski definition) is 3. The van der Waals surface area contributed by atoms with Gasteiger partial charge in [-0.05, 0) is 0 Å². The molecule has 0 spiro atoms. The second-order valence-corrected chi connectivity index (χ2v) is 4.97. The lowest BCUT2D eigenvalue weighted by molar-refractivity contribution is -0.124. The van der Waals surface area contributed by atoms with Crippen molar-refractivity contribution in [2.45, 2.75) is 18.8 Å². The van der Waals surface area contributed by atoms with Crippen LogP contribution in [0.3, 0.4) is 0 Å². The minimum absolute atomic E-state index is 0.362. The quantitative estimate of drug-likeness (QED) is 0.791. The van der Waals surface area contributed by atoms with Crippen molar-refractivity contribution in [3.63, 3.8) is 0 Å². The molecule has 0 bridgehead atoms. The number of nitrogens with zero attached hydrogens (tertiary/aromatic N) is 1. The van der Waals surface area contributed by atoms with Crippen LogP contribution in [-0.4, -0.2) is 10.8 Å². The van der Waals surface area contributed by atoms with Crippen molar-refractivity contribution in [3.05, 3.63) is 40.7 Å². The Bertz CT molecular complexity index is 510. The summed E-state index contributed by atoms with van der Waals surface area (Å²) in [6, 6.07) is 10.2. The Hall–Kier alpha value is -1.48. The molecule has 0 aliphatic heterocycles. The zero-order valence-electron chi connectivity index (χ0n) is 8.72. The Kier molecular flexibility index (Phi) is 2.33. The van der Waals surface area contributed by atoms with Gasteiger partial charge in [-0.25, -0.2) is 4.98 Å². The maximum Gasteiger partial charge on any atom is 0.134 e. The summed E-state index contributed by atoms with van der Waals surface area (Å²) in [6.07, 6.45) is 1.36. The number of hydrogen-bond donors (Lipinski definition) is 0. The van der Waals surface area contributed by atoms with Crippen molar-refractivity contribution in [2.75, 3.05) is 0 Å². The van der Waals surface area contributed by atoms with Crippen LogP contribution in [0.15, 0.2) is 35.7 Å². The SMILES string of the molecule is O=C1CC(c2nc(-c3ccccc3)cs2)C1. The van der Waals surface area contributed by atoms with Gasteiger partial charge in [-0.15, -0.1) is 11.3 Å². The lowest BCUT2D eigenvalue weighted by atomic mass is 9.85. The van der Waals surface area contributed by atoms with Crippen LogP contribution in [0.2, 0.25) is 0 Å². The summed E-state index contributed by atoms with van der Waals surface area (Å²) in [4.78, 5) is 15.5. The van der Waals surface area contributed by atoms with E-state index in [9.17, 15) is 4.79 Å². The molecule has 1 saturated carbocycles. The predicted molar refractivity (Wildman–Crippen MR) is 64.5 cm³/mol. The fourth-order valence-electron chi connectivity index (χ4n) is 1.88. The van der Waals surface area contributed by atoms with Gasteiger partial charge in [-0.2, -0.15) is 0 Å². The van der Waals surface area contributed by atoms with Crippen molar-refractivity contribution in [2.24, 2.45) is 0 Å². The van der Waals surface area contributed by atoms with Crippen LogP contribution in [0.5, 0.6) is 0 Å². The van der Waals surface area contributed by atoms with Crippen LogP contribution >= 0.6 is 11.3 Å². The summed E-state index contributed by atoms with van der Waals surface area (Å²) in [5.74, 6) is 0.747. The van der Waals surface area contributed by atoms with Gasteiger partial charge in [0.2, 0.25) is 0 Å². The molecule has 3 heteroatoms. The van der Waals surface area contributed by atoms with E-state index in [2.05, 4.69) is 22.5 Å². The number of Topliss-reactive ketones (excluding diaryl/α,β-unsaturated/α-hetero) is 1. The van der Waals surface area contributed by atoms with Gasteiger partial charge >= 0.3 is 0 Å². The standard InChI is InChI=1S/C13H11NOS/c15-11-6-10(7-11)13-14-12(8-16-13)9-4-2-1-3-5-9/h1-5,8,10H,6-7H2. The third-order valence-corrected chi connectivity index (χ3v) is 3.90. The van der Waals surface area contributed by atoms with Crippen molar-refractivity contribution in [1.82, 2.24) is 4.98 Å². The maximum atomic E-state index is 10.9. The van der Waals surface area contributed by atoms with Gasteiger partial charge < -0.3 is 0 Å². The Morgan fingerprint density at radius 1 is 1.19 bits per heavy atom. The van der Waals surface area contributed by atoms with Gasteiger partial charge in [0.15, 0.2) is 0 Å². The number of carbonyl (C=O) groups excluding carboxylic acids is 1. The molecule has 1 fully saturated rings. The highest BCUT2D eigenvalue weighted by molar-refractivity contribution is 7.10. The molecule has 1 aromatic carbocycles. The molecule has 0 N–H and O–H groups in total. The molecule has 0 saturated heterocycles. The smallest absolute Gasteiger partial charge is 0.134 e. The number of carbonyl (C=O) groups is 1. The molecule has 0 unspecified atom stereocenters. The van der Waals surface area contributed by atoms with E-state index in [1.54, 1.807) is 11.3 Å². The van der Waals surface area contributed by atoms with E-state index in [0.29, 0.717) is 24.5 Å². The summed E-state index contributed by atoms with van der Waals surface area (Å²) in [5.41, 5.74) is 2.18. The molecule has 1 aromatic heterocycles. The van der Waals surface area contributed by atoms with Crippen molar-refractivity contribution < 1.29 is 4.79 Å². The van der Waals surface area contributed by atoms with Crippen molar-refractivity contribution in [1.29, 1.82) is 0 Å². The minimum atomic E-state index is 0.362. The van der Waals surface area contributed by atoms with Gasteiger partial charge in [0.1, 0.15) is 5.78 Å². The maximum absolute atomic E-state index is 10.9. The average molecular weight is 229 g/mol. The third-order valence-electron chi connectivity index (χ3n) is 2.89. The van der Waals surface area contributed by atoms with Crippen LogP contribution < -0.4 is 0 Å². The zero-order chi connectivity index (χ0) is 11.0. The molecule has 1 aliphatic rings. The molecular weight excluding hydrogens is 218 g/mol. The highest BCUT2D eigenvalue weighted by atomic mass is 32.1. The fourth-order valence-corrected chi connectivity index (χ4v) is 2.81. The van der Waals surface area contributed by atoms with E-state index in [1.807, 2.05) is 18.2 Å². The highest BCUT2D eigenvalue weighted by Crippen LogP contribution is 2.36. The molecule has 1 heterocycles. The molecule has 2 nitrogen and oxygen atoms in total. The monoisotopic (exact) mass is 229 g/mol. The first-order valence-electron chi connectivity index (χ1n) is 5.35. The summed E-state index contributed by atoms with van der Waals surface area (Å²) in [6.45, 7) is 0. The number of aromatic nitrogens is 1. The van der Waals surface area contributed by atoms with E-state index in [1.165, 1.54) is 0 Å². The second kappa shape index (κ2) is 3.83. The van der Waals surface area contributed by atoms with Crippen LogP contribution in [0.4, 0.5) is 0 Å². The van der Waals surface area contributed by atoms with E-state index in [-0.39, 0.29) is 0 Å². The molecular formula is C13H11NOS. The van der Waals surface area contributed by atoms with Crippen LogP contribution in [0.25, 0.3) is 11.3 Å². The number of thiazole rings is 1. The van der Waals surface area contributed by atoms with Gasteiger partial charge in [-0.1, -0.05) is 30.3 Å². The molecule has 80 valence electrons. The zero-order valence-corrected chi connectivity index (χ0v) is 9.54. The van der Waals surface area contributed by atoms with E-state index >= 15 is 0 Å². The average Bonchev–Trinajstić information content (AvgIpc) is 2.75. The number of ketones is 1. The third kappa shape index (κ3) is 1.67. The van der Waals surface area contributed by atoms with E-state index in [0.717, 1.165) is 16.3 Å². The Balaban J connectivity index is 1.86. The molecule has 16 heavy (non-hydrogen) atoms. The molecule has 3 rings (SSSR count). The Morgan fingerprint density at radius 3 is 2.62 bits per heavy atom. The predicted octanol–water partition coefficient (Wildman–Crippen LogP) is 3.26. The Labute approximate surface area is 98.0 Å². The number of benzene rings is 1. The summed E-state index contributed by atoms with van der Waals surface area (Å²) in [7, 11) is 0. The lowest BCUT2D eigenvalue weighted by Crippen LogP contribution is -2.20. The van der Waals surface area contributed by atoms with Crippen molar-refractivity contribution >= 4 is 17.1 Å². The summed E-state index contributed by atoms with van der Waals surface area (Å²) < 4.78 is 0. The lowest BCUT2D eigenvalue weighted by Gasteiger charge is -2.21. The normalized spacial score (nSPS) is 16.1. The minimum Gasteiger partial charge on any atom is -0.300 e. The molecule has 0 radical (unpaired) electrons. The molecule has 0 amide bonds. The van der Waals surface area contributed by atoms with Gasteiger partial charge in [0.25, 0.3) is 0 Å². The largest absolute Gasteiger partial charge is 0.300 e. The van der Waals surface area contributed by atoms with Crippen LogP contribution in [0, 0.1) is 0 Å². The van der Waals surface area contributed by atoms with Gasteiger partial charge in [0, 0.05) is 29.7 Å². The first-order valence-corrected chi connectivity index (χ1v) is 6.23. The summed E-state index contributed by atoms with van der Waals surface area (Å²) in [5, 5.41) is 3.19. The van der Waals surface area contributed by atoms with Crippen LogP contribution in [-0.2, 0) is 4.79 Å². The van der Waals surface area contributed by atoms with Gasteiger partial charge in [0.05, 0.1) is 10.7 Å². The van der Waals surface area contributed by atoms with E-state index in [4.69, 9.17) is 0 Å². The summed E-state index contributed by atoms with van der Waals surface area (Å²) >= 11 is 1.67. The Morgan fingerprint density at radius 2 is 1.94 bits per heavy atom. The van der Waals surface area contributed by atoms with Crippen molar-refractivity contribution in [3.8, 4) is 11.3 Å². The van der Waals surface area contributed by atoms with Crippen LogP contribution in [0.1, 0.15) is 23.8 Å². The number of rotatable bonds is 2. The fraction of sp³-hybridized carbons (Fsp3) is 0.231. The second-order valence-electron chi connectivity index (χ2n) is 4.08. The highest BCUT2D eigenvalue weighted by Gasteiger charge is 2.30. The first kappa shape index (κ1) is 9.73. The van der Waals surface area contributed by atoms with E-state index < -0.39 is 0 Å². The molecule has 0 atom stereocenters. The first-order chi connectivity index (χ1) is 7.83. The molecule has 1 aliphatic carbocycles.